The molecule has 0 aromatic heterocycles. The van der Waals surface area contributed by atoms with Crippen LogP contribution in [-0.2, 0) is 12.8 Å². The van der Waals surface area contributed by atoms with E-state index in [1.165, 1.54) is 28.7 Å². The fraction of sp³-hybridized carbons (Fsp3) is 0.368. The lowest BCUT2D eigenvalue weighted by Crippen LogP contribution is -2.11. The highest BCUT2D eigenvalue weighted by Gasteiger charge is 2.06. The molecule has 1 heteroatoms. The van der Waals surface area contributed by atoms with Gasteiger partial charge in [0.2, 0.25) is 0 Å². The van der Waals surface area contributed by atoms with E-state index in [1.807, 2.05) is 0 Å². The average Bonchev–Trinajstić information content (AvgIpc) is 2.47. The van der Waals surface area contributed by atoms with E-state index in [1.54, 1.807) is 0 Å². The number of aryl methyl sites for hydroxylation is 3. The molecular formula is C19H25N. The SMILES string of the molecule is CCCc1ccc(C(N)CCc2ccc(C)cc2)cc1. The molecule has 0 amide bonds. The number of hydrogen-bond acceptors (Lipinski definition) is 1. The second-order valence-electron chi connectivity index (χ2n) is 5.62. The predicted octanol–water partition coefficient (Wildman–Crippen LogP) is 4.58. The molecule has 0 aliphatic heterocycles. The molecule has 0 saturated carbocycles. The van der Waals surface area contributed by atoms with E-state index in [2.05, 4.69) is 62.4 Å². The maximum absolute atomic E-state index is 6.30. The van der Waals surface area contributed by atoms with Gasteiger partial charge >= 0.3 is 0 Å². The van der Waals surface area contributed by atoms with Crippen molar-refractivity contribution >= 4 is 0 Å². The fourth-order valence-corrected chi connectivity index (χ4v) is 2.46. The number of nitrogens with two attached hydrogens (primary N) is 1. The molecule has 0 spiro atoms. The molecule has 0 radical (unpaired) electrons. The third-order valence-corrected chi connectivity index (χ3v) is 3.81. The van der Waals surface area contributed by atoms with Crippen molar-refractivity contribution in [3.63, 3.8) is 0 Å². The largest absolute Gasteiger partial charge is 0.324 e. The third-order valence-electron chi connectivity index (χ3n) is 3.81. The van der Waals surface area contributed by atoms with Crippen molar-refractivity contribution in [2.24, 2.45) is 5.73 Å². The van der Waals surface area contributed by atoms with Crippen LogP contribution < -0.4 is 5.73 Å². The minimum atomic E-state index is 0.131. The topological polar surface area (TPSA) is 26.0 Å². The van der Waals surface area contributed by atoms with Gasteiger partial charge in [-0.2, -0.15) is 0 Å². The lowest BCUT2D eigenvalue weighted by Gasteiger charge is -2.13. The second-order valence-corrected chi connectivity index (χ2v) is 5.62. The Bertz CT molecular complexity index is 510. The van der Waals surface area contributed by atoms with Crippen LogP contribution in [0, 0.1) is 6.92 Å². The van der Waals surface area contributed by atoms with Crippen molar-refractivity contribution in [2.75, 3.05) is 0 Å². The summed E-state index contributed by atoms with van der Waals surface area (Å²) < 4.78 is 0. The maximum atomic E-state index is 6.30. The van der Waals surface area contributed by atoms with Gasteiger partial charge in [0.05, 0.1) is 0 Å². The highest BCUT2D eigenvalue weighted by molar-refractivity contribution is 5.26. The minimum Gasteiger partial charge on any atom is -0.324 e. The summed E-state index contributed by atoms with van der Waals surface area (Å²) in [5, 5.41) is 0. The summed E-state index contributed by atoms with van der Waals surface area (Å²) in [5.74, 6) is 0. The molecule has 2 aromatic carbocycles. The van der Waals surface area contributed by atoms with Crippen LogP contribution in [0.15, 0.2) is 48.5 Å². The number of hydrogen-bond donors (Lipinski definition) is 1. The van der Waals surface area contributed by atoms with Gasteiger partial charge in [-0.3, -0.25) is 0 Å². The first-order chi connectivity index (χ1) is 9.69. The van der Waals surface area contributed by atoms with E-state index >= 15 is 0 Å². The van der Waals surface area contributed by atoms with Crippen LogP contribution in [-0.4, -0.2) is 0 Å². The van der Waals surface area contributed by atoms with Gasteiger partial charge in [0, 0.05) is 6.04 Å². The summed E-state index contributed by atoms with van der Waals surface area (Å²) in [7, 11) is 0. The van der Waals surface area contributed by atoms with E-state index < -0.39 is 0 Å². The van der Waals surface area contributed by atoms with Crippen LogP contribution in [0.25, 0.3) is 0 Å². The van der Waals surface area contributed by atoms with E-state index in [0.29, 0.717) is 0 Å². The predicted molar refractivity (Wildman–Crippen MR) is 86.9 cm³/mol. The normalized spacial score (nSPS) is 12.3. The Morgan fingerprint density at radius 3 is 2.00 bits per heavy atom. The summed E-state index contributed by atoms with van der Waals surface area (Å²) in [6, 6.07) is 17.7. The van der Waals surface area contributed by atoms with Gasteiger partial charge < -0.3 is 5.73 Å². The molecule has 2 aromatic rings. The quantitative estimate of drug-likeness (QED) is 0.814. The highest BCUT2D eigenvalue weighted by atomic mass is 14.6. The molecule has 0 bridgehead atoms. The first-order valence-corrected chi connectivity index (χ1v) is 7.59. The van der Waals surface area contributed by atoms with E-state index in [4.69, 9.17) is 5.73 Å². The van der Waals surface area contributed by atoms with Gasteiger partial charge in [-0.05, 0) is 42.9 Å². The molecule has 0 fully saturated rings. The molecular weight excluding hydrogens is 242 g/mol. The molecule has 0 aliphatic rings. The fourth-order valence-electron chi connectivity index (χ4n) is 2.46. The Balaban J connectivity index is 1.90. The standard InChI is InChI=1S/C19H25N/c1-3-4-16-9-12-18(13-10-16)19(20)14-11-17-7-5-15(2)6-8-17/h5-10,12-13,19H,3-4,11,14,20H2,1-2H3. The van der Waals surface area contributed by atoms with E-state index in [-0.39, 0.29) is 6.04 Å². The smallest absolute Gasteiger partial charge is 0.0298 e. The molecule has 20 heavy (non-hydrogen) atoms. The van der Waals surface area contributed by atoms with Crippen molar-refractivity contribution in [3.05, 3.63) is 70.8 Å². The van der Waals surface area contributed by atoms with Crippen molar-refractivity contribution in [3.8, 4) is 0 Å². The Labute approximate surface area is 122 Å². The molecule has 1 nitrogen and oxygen atoms in total. The van der Waals surface area contributed by atoms with Crippen LogP contribution >= 0.6 is 0 Å². The lowest BCUT2D eigenvalue weighted by atomic mass is 9.98. The average molecular weight is 267 g/mol. The van der Waals surface area contributed by atoms with Gasteiger partial charge in [-0.25, -0.2) is 0 Å². The van der Waals surface area contributed by atoms with Crippen molar-refractivity contribution < 1.29 is 0 Å². The molecule has 106 valence electrons. The molecule has 0 aliphatic carbocycles. The van der Waals surface area contributed by atoms with E-state index in [0.717, 1.165) is 19.3 Å². The van der Waals surface area contributed by atoms with Crippen LogP contribution in [0.4, 0.5) is 0 Å². The molecule has 2 N–H and O–H groups in total. The summed E-state index contributed by atoms with van der Waals surface area (Å²) in [6.07, 6.45) is 4.38. The summed E-state index contributed by atoms with van der Waals surface area (Å²) in [6.45, 7) is 4.33. The lowest BCUT2D eigenvalue weighted by molar-refractivity contribution is 0.651. The Kier molecular flexibility index (Phi) is 5.37. The second kappa shape index (κ2) is 7.25. The van der Waals surface area contributed by atoms with Gasteiger partial charge in [0.1, 0.15) is 0 Å². The summed E-state index contributed by atoms with van der Waals surface area (Å²) in [4.78, 5) is 0. The first kappa shape index (κ1) is 14.8. The van der Waals surface area contributed by atoms with Gasteiger partial charge in [-0.15, -0.1) is 0 Å². The number of rotatable bonds is 6. The zero-order chi connectivity index (χ0) is 14.4. The highest BCUT2D eigenvalue weighted by Crippen LogP contribution is 2.18. The van der Waals surface area contributed by atoms with Crippen LogP contribution in [0.5, 0.6) is 0 Å². The molecule has 0 heterocycles. The Morgan fingerprint density at radius 1 is 0.850 bits per heavy atom. The number of benzene rings is 2. The molecule has 2 rings (SSSR count). The van der Waals surface area contributed by atoms with Gasteiger partial charge in [-0.1, -0.05) is 67.4 Å². The monoisotopic (exact) mass is 267 g/mol. The van der Waals surface area contributed by atoms with Crippen molar-refractivity contribution in [2.45, 2.75) is 45.6 Å². The minimum absolute atomic E-state index is 0.131. The van der Waals surface area contributed by atoms with Crippen LogP contribution in [0.2, 0.25) is 0 Å². The zero-order valence-corrected chi connectivity index (χ0v) is 12.6. The maximum Gasteiger partial charge on any atom is 0.0298 e. The van der Waals surface area contributed by atoms with Gasteiger partial charge in [0.15, 0.2) is 0 Å². The molecule has 1 atom stereocenters. The Morgan fingerprint density at radius 2 is 1.40 bits per heavy atom. The van der Waals surface area contributed by atoms with Crippen molar-refractivity contribution in [1.82, 2.24) is 0 Å². The zero-order valence-electron chi connectivity index (χ0n) is 12.6. The van der Waals surface area contributed by atoms with Crippen LogP contribution in [0.1, 0.15) is 48.1 Å². The van der Waals surface area contributed by atoms with E-state index in [9.17, 15) is 0 Å². The van der Waals surface area contributed by atoms with Crippen LogP contribution in [0.3, 0.4) is 0 Å². The van der Waals surface area contributed by atoms with Gasteiger partial charge in [0.25, 0.3) is 0 Å². The summed E-state index contributed by atoms with van der Waals surface area (Å²) in [5.41, 5.74) is 11.6. The molecule has 1 unspecified atom stereocenters. The first-order valence-electron chi connectivity index (χ1n) is 7.59. The Hall–Kier alpha value is -1.60. The summed E-state index contributed by atoms with van der Waals surface area (Å²) >= 11 is 0. The third kappa shape index (κ3) is 4.21. The van der Waals surface area contributed by atoms with Crippen molar-refractivity contribution in [1.29, 1.82) is 0 Å². The molecule has 0 saturated heterocycles.